The third-order valence-corrected chi connectivity index (χ3v) is 8.11. The van der Waals surface area contributed by atoms with Crippen LogP contribution in [-0.4, -0.2) is 48.0 Å². The number of sulfonamides is 1. The third kappa shape index (κ3) is 5.33. The molecule has 0 atom stereocenters. The van der Waals surface area contributed by atoms with Gasteiger partial charge in [0, 0.05) is 31.1 Å². The summed E-state index contributed by atoms with van der Waals surface area (Å²) < 4.78 is 43.4. The Morgan fingerprint density at radius 3 is 2.46 bits per heavy atom. The molecule has 37 heavy (non-hydrogen) atoms. The van der Waals surface area contributed by atoms with Gasteiger partial charge < -0.3 is 10.0 Å². The van der Waals surface area contributed by atoms with Crippen LogP contribution in [0.5, 0.6) is 0 Å². The zero-order chi connectivity index (χ0) is 26.0. The number of fused-ring (bicyclic) bond motifs is 1. The van der Waals surface area contributed by atoms with Crippen molar-refractivity contribution in [2.75, 3.05) is 17.8 Å². The van der Waals surface area contributed by atoms with Crippen LogP contribution in [0.1, 0.15) is 28.8 Å². The Morgan fingerprint density at radius 2 is 1.73 bits per heavy atom. The first-order chi connectivity index (χ1) is 17.7. The average Bonchev–Trinajstić information content (AvgIpc) is 2.89. The second kappa shape index (κ2) is 9.91. The van der Waals surface area contributed by atoms with Gasteiger partial charge in [0.1, 0.15) is 10.7 Å². The molecular weight excluding hydrogens is 493 g/mol. The first kappa shape index (κ1) is 24.9. The summed E-state index contributed by atoms with van der Waals surface area (Å²) in [5, 5.41) is 11.6. The number of aromatic nitrogens is 1. The lowest BCUT2D eigenvalue weighted by Crippen LogP contribution is -2.47. The number of carbonyl (C=O) groups excluding carboxylic acids is 1. The highest BCUT2D eigenvalue weighted by molar-refractivity contribution is 7.93. The lowest BCUT2D eigenvalue weighted by Gasteiger charge is -2.38. The summed E-state index contributed by atoms with van der Waals surface area (Å²) >= 11 is 0. The van der Waals surface area contributed by atoms with Crippen LogP contribution < -0.4 is 4.72 Å². The Kier molecular flexibility index (Phi) is 6.66. The van der Waals surface area contributed by atoms with E-state index in [1.54, 1.807) is 24.3 Å². The highest BCUT2D eigenvalue weighted by Crippen LogP contribution is 2.29. The van der Waals surface area contributed by atoms with Gasteiger partial charge in [-0.3, -0.25) is 14.5 Å². The van der Waals surface area contributed by atoms with Gasteiger partial charge in [-0.1, -0.05) is 48.5 Å². The zero-order valence-corrected chi connectivity index (χ0v) is 20.8. The molecule has 1 aromatic heterocycles. The molecular formula is C28H26FN3O4S. The third-order valence-electron chi connectivity index (χ3n) is 6.69. The predicted octanol–water partition coefficient (Wildman–Crippen LogP) is 4.38. The molecule has 0 aliphatic carbocycles. The van der Waals surface area contributed by atoms with Crippen LogP contribution in [0.2, 0.25) is 0 Å². The zero-order valence-electron chi connectivity index (χ0n) is 20.0. The van der Waals surface area contributed by atoms with E-state index in [-0.39, 0.29) is 16.1 Å². The molecule has 0 radical (unpaired) electrons. The van der Waals surface area contributed by atoms with Gasteiger partial charge in [0.05, 0.1) is 22.4 Å². The summed E-state index contributed by atoms with van der Waals surface area (Å²) in [6, 6.07) is 21.6. The number of amides is 1. The summed E-state index contributed by atoms with van der Waals surface area (Å²) in [6.45, 7) is 0.591. The molecule has 190 valence electrons. The lowest BCUT2D eigenvalue weighted by atomic mass is 9.85. The van der Waals surface area contributed by atoms with Crippen molar-refractivity contribution in [3.05, 3.63) is 102 Å². The molecule has 1 aliphatic rings. The maximum absolute atomic E-state index is 15.0. The molecule has 0 bridgehead atoms. The quantitative estimate of drug-likeness (QED) is 0.394. The normalized spacial score (nSPS) is 15.5. The van der Waals surface area contributed by atoms with Crippen molar-refractivity contribution in [2.45, 2.75) is 29.8 Å². The van der Waals surface area contributed by atoms with E-state index in [0.717, 1.165) is 11.6 Å². The second-order valence-electron chi connectivity index (χ2n) is 9.31. The van der Waals surface area contributed by atoms with Gasteiger partial charge in [-0.2, -0.15) is 0 Å². The minimum atomic E-state index is -4.05. The van der Waals surface area contributed by atoms with Gasteiger partial charge in [-0.25, -0.2) is 12.8 Å². The van der Waals surface area contributed by atoms with E-state index < -0.39 is 27.3 Å². The molecule has 2 N–H and O–H groups in total. The summed E-state index contributed by atoms with van der Waals surface area (Å²) in [5.41, 5.74) is 0.256. The Morgan fingerprint density at radius 1 is 1.00 bits per heavy atom. The molecule has 7 nitrogen and oxygen atoms in total. The number of rotatable bonds is 6. The Balaban J connectivity index is 1.28. The lowest BCUT2D eigenvalue weighted by molar-refractivity contribution is -0.0163. The number of benzene rings is 3. The van der Waals surface area contributed by atoms with Gasteiger partial charge in [0.2, 0.25) is 0 Å². The highest BCUT2D eigenvalue weighted by Gasteiger charge is 2.35. The minimum absolute atomic E-state index is 0.00198. The van der Waals surface area contributed by atoms with Gasteiger partial charge in [0.25, 0.3) is 15.9 Å². The standard InChI is InChI=1S/C28H26FN3O4S/c29-24-18-22(31-37(35,36)25-10-4-8-21-9-5-15-30-26(21)25)11-12-23(24)27(33)32-16-13-28(34,14-17-32)19-20-6-2-1-3-7-20/h1-12,15,18,31,34H,13-14,16-17,19H2. The fourth-order valence-corrected chi connectivity index (χ4v) is 5.93. The van der Waals surface area contributed by atoms with E-state index in [1.807, 2.05) is 30.3 Å². The number of anilines is 1. The Hall–Kier alpha value is -3.82. The summed E-state index contributed by atoms with van der Waals surface area (Å²) in [7, 11) is -4.05. The number of hydrogen-bond acceptors (Lipinski definition) is 5. The van der Waals surface area contributed by atoms with Gasteiger partial charge in [-0.05, 0) is 48.7 Å². The second-order valence-corrected chi connectivity index (χ2v) is 11.0. The number of para-hydroxylation sites is 1. The number of piperidine rings is 1. The molecule has 2 heterocycles. The number of likely N-dealkylation sites (tertiary alicyclic amines) is 1. The van der Waals surface area contributed by atoms with Crippen LogP contribution in [0.3, 0.4) is 0 Å². The molecule has 9 heteroatoms. The number of carbonyl (C=O) groups is 1. The molecule has 0 saturated carbocycles. The first-order valence-corrected chi connectivity index (χ1v) is 13.4. The maximum atomic E-state index is 15.0. The van der Waals surface area contributed by atoms with Crippen molar-refractivity contribution in [1.29, 1.82) is 0 Å². The predicted molar refractivity (Wildman–Crippen MR) is 139 cm³/mol. The van der Waals surface area contributed by atoms with Crippen LogP contribution >= 0.6 is 0 Å². The monoisotopic (exact) mass is 519 g/mol. The van der Waals surface area contributed by atoms with Crippen molar-refractivity contribution in [1.82, 2.24) is 9.88 Å². The Bertz CT molecular complexity index is 1550. The molecule has 1 fully saturated rings. The largest absolute Gasteiger partial charge is 0.389 e. The smallest absolute Gasteiger partial charge is 0.264 e. The number of nitrogens with one attached hydrogen (secondary N) is 1. The molecule has 5 rings (SSSR count). The number of aliphatic hydroxyl groups is 1. The van der Waals surface area contributed by atoms with Gasteiger partial charge in [0.15, 0.2) is 0 Å². The molecule has 1 amide bonds. The topological polar surface area (TPSA) is 99.6 Å². The van der Waals surface area contributed by atoms with E-state index in [2.05, 4.69) is 9.71 Å². The molecule has 4 aromatic rings. The van der Waals surface area contributed by atoms with E-state index in [9.17, 15) is 22.7 Å². The van der Waals surface area contributed by atoms with E-state index in [4.69, 9.17) is 0 Å². The SMILES string of the molecule is O=C(c1ccc(NS(=O)(=O)c2cccc3cccnc23)cc1F)N1CCC(O)(Cc2ccccc2)CC1. The number of hydrogen-bond donors (Lipinski definition) is 2. The van der Waals surface area contributed by atoms with Crippen LogP contribution in [0, 0.1) is 5.82 Å². The van der Waals surface area contributed by atoms with Gasteiger partial charge in [-0.15, -0.1) is 0 Å². The highest BCUT2D eigenvalue weighted by atomic mass is 32.2. The van der Waals surface area contributed by atoms with Crippen molar-refractivity contribution in [3.8, 4) is 0 Å². The van der Waals surface area contributed by atoms with Crippen LogP contribution in [0.25, 0.3) is 10.9 Å². The molecule has 1 saturated heterocycles. The molecule has 0 spiro atoms. The van der Waals surface area contributed by atoms with Gasteiger partial charge >= 0.3 is 0 Å². The van der Waals surface area contributed by atoms with Crippen molar-refractivity contribution in [2.24, 2.45) is 0 Å². The molecule has 1 aliphatic heterocycles. The van der Waals surface area contributed by atoms with Crippen molar-refractivity contribution >= 4 is 32.5 Å². The summed E-state index contributed by atoms with van der Waals surface area (Å²) in [4.78, 5) is 18.7. The summed E-state index contributed by atoms with van der Waals surface area (Å²) in [6.07, 6.45) is 2.76. The van der Waals surface area contributed by atoms with E-state index >= 15 is 0 Å². The minimum Gasteiger partial charge on any atom is -0.389 e. The molecule has 3 aromatic carbocycles. The average molecular weight is 520 g/mol. The summed E-state index contributed by atoms with van der Waals surface area (Å²) in [5.74, 6) is -1.32. The van der Waals surface area contributed by atoms with Crippen LogP contribution in [-0.2, 0) is 16.4 Å². The Labute approximate surface area is 214 Å². The van der Waals surface area contributed by atoms with Crippen molar-refractivity contribution < 1.29 is 22.7 Å². The number of nitrogens with zero attached hydrogens (tertiary/aromatic N) is 2. The number of halogens is 1. The van der Waals surface area contributed by atoms with Crippen LogP contribution in [0.15, 0.2) is 90.0 Å². The van der Waals surface area contributed by atoms with E-state index in [0.29, 0.717) is 43.3 Å². The fourth-order valence-electron chi connectivity index (χ4n) is 4.70. The fraction of sp³-hybridized carbons (Fsp3) is 0.214. The molecule has 0 unspecified atom stereocenters. The van der Waals surface area contributed by atoms with E-state index in [1.165, 1.54) is 29.3 Å². The van der Waals surface area contributed by atoms with Crippen molar-refractivity contribution in [3.63, 3.8) is 0 Å². The first-order valence-electron chi connectivity index (χ1n) is 12.0. The number of pyridine rings is 1. The van der Waals surface area contributed by atoms with Crippen LogP contribution in [0.4, 0.5) is 10.1 Å². The maximum Gasteiger partial charge on any atom is 0.264 e.